The second-order valence-corrected chi connectivity index (χ2v) is 6.28. The Morgan fingerprint density at radius 1 is 1.10 bits per heavy atom. The first-order valence-corrected chi connectivity index (χ1v) is 6.89. The van der Waals surface area contributed by atoms with Crippen LogP contribution >= 0.6 is 11.6 Å². The summed E-state index contributed by atoms with van der Waals surface area (Å²) in [6.45, 7) is 4.14. The second-order valence-electron chi connectivity index (χ2n) is 5.87. The van der Waals surface area contributed by atoms with Crippen molar-refractivity contribution in [3.8, 4) is 11.1 Å². The first-order chi connectivity index (χ1) is 9.38. The second kappa shape index (κ2) is 4.42. The number of carbonyl (C=O) groups is 1. The van der Waals surface area contributed by atoms with Crippen molar-refractivity contribution in [3.05, 3.63) is 58.4 Å². The molecule has 0 saturated heterocycles. The molecule has 20 heavy (non-hydrogen) atoms. The smallest absolute Gasteiger partial charge is 0.164 e. The van der Waals surface area contributed by atoms with Gasteiger partial charge in [-0.15, -0.1) is 0 Å². The number of halogens is 2. The summed E-state index contributed by atoms with van der Waals surface area (Å²) in [5, 5.41) is 0.110. The van der Waals surface area contributed by atoms with Crippen LogP contribution in [0.3, 0.4) is 0 Å². The van der Waals surface area contributed by atoms with Gasteiger partial charge in [0.25, 0.3) is 0 Å². The summed E-state index contributed by atoms with van der Waals surface area (Å²) in [5.41, 5.74) is 3.52. The van der Waals surface area contributed by atoms with Crippen molar-refractivity contribution < 1.29 is 9.18 Å². The minimum atomic E-state index is -0.424. The van der Waals surface area contributed by atoms with Gasteiger partial charge >= 0.3 is 0 Å². The molecule has 0 aliphatic heterocycles. The highest BCUT2D eigenvalue weighted by Gasteiger charge is 2.35. The van der Waals surface area contributed by atoms with Gasteiger partial charge < -0.3 is 0 Å². The van der Waals surface area contributed by atoms with E-state index in [9.17, 15) is 9.18 Å². The van der Waals surface area contributed by atoms with Gasteiger partial charge in [-0.05, 0) is 40.3 Å². The third-order valence-corrected chi connectivity index (χ3v) is 4.19. The molecule has 0 atom stereocenters. The molecule has 0 heterocycles. The van der Waals surface area contributed by atoms with Crippen LogP contribution in [-0.4, -0.2) is 5.78 Å². The van der Waals surface area contributed by atoms with Gasteiger partial charge in [-0.1, -0.05) is 43.6 Å². The van der Waals surface area contributed by atoms with E-state index in [-0.39, 0.29) is 16.2 Å². The molecule has 3 heteroatoms. The lowest BCUT2D eigenvalue weighted by Gasteiger charge is -2.18. The zero-order valence-electron chi connectivity index (χ0n) is 11.3. The Balaban J connectivity index is 2.13. The van der Waals surface area contributed by atoms with E-state index in [0.29, 0.717) is 6.42 Å². The van der Waals surface area contributed by atoms with Gasteiger partial charge in [0, 0.05) is 12.0 Å². The highest BCUT2D eigenvalue weighted by Crippen LogP contribution is 2.40. The molecule has 0 aromatic heterocycles. The Morgan fingerprint density at radius 2 is 1.75 bits per heavy atom. The van der Waals surface area contributed by atoms with Crippen molar-refractivity contribution in [2.75, 3.05) is 0 Å². The molecule has 3 rings (SSSR count). The van der Waals surface area contributed by atoms with Gasteiger partial charge in [-0.2, -0.15) is 0 Å². The molecular weight excluding hydrogens is 275 g/mol. The SMILES string of the molecule is CC1(C)CC(=O)c2ccc(-c3ccc(F)c(Cl)c3)cc21. The monoisotopic (exact) mass is 288 g/mol. The molecule has 0 N–H and O–H groups in total. The van der Waals surface area contributed by atoms with E-state index in [1.807, 2.05) is 18.2 Å². The first-order valence-electron chi connectivity index (χ1n) is 6.52. The molecular formula is C17H14ClFO. The highest BCUT2D eigenvalue weighted by atomic mass is 35.5. The summed E-state index contributed by atoms with van der Waals surface area (Å²) in [6.07, 6.45) is 0.538. The molecule has 2 aromatic rings. The predicted molar refractivity (Wildman–Crippen MR) is 78.8 cm³/mol. The van der Waals surface area contributed by atoms with Crippen LogP contribution in [0, 0.1) is 5.82 Å². The lowest BCUT2D eigenvalue weighted by Crippen LogP contribution is -2.12. The number of benzene rings is 2. The average molecular weight is 289 g/mol. The largest absolute Gasteiger partial charge is 0.294 e. The van der Waals surface area contributed by atoms with Crippen molar-refractivity contribution in [1.82, 2.24) is 0 Å². The fourth-order valence-electron chi connectivity index (χ4n) is 2.79. The maximum atomic E-state index is 13.2. The van der Waals surface area contributed by atoms with Crippen LogP contribution in [0.1, 0.15) is 36.2 Å². The summed E-state index contributed by atoms with van der Waals surface area (Å²) in [6, 6.07) is 10.4. The van der Waals surface area contributed by atoms with Crippen LogP contribution in [0.4, 0.5) is 4.39 Å². The molecule has 0 spiro atoms. The number of hydrogen-bond donors (Lipinski definition) is 0. The molecule has 2 aromatic carbocycles. The zero-order chi connectivity index (χ0) is 14.5. The zero-order valence-corrected chi connectivity index (χ0v) is 12.1. The normalized spacial score (nSPS) is 16.3. The summed E-state index contributed by atoms with van der Waals surface area (Å²) in [4.78, 5) is 12.0. The van der Waals surface area contributed by atoms with Gasteiger partial charge in [0.2, 0.25) is 0 Å². The third kappa shape index (κ3) is 2.04. The maximum Gasteiger partial charge on any atom is 0.164 e. The van der Waals surface area contributed by atoms with E-state index in [1.165, 1.54) is 6.07 Å². The Labute approximate surface area is 122 Å². The molecule has 0 fully saturated rings. The number of hydrogen-bond acceptors (Lipinski definition) is 1. The van der Waals surface area contributed by atoms with Gasteiger partial charge in [0.1, 0.15) is 5.82 Å². The van der Waals surface area contributed by atoms with Gasteiger partial charge in [0.15, 0.2) is 5.78 Å². The van der Waals surface area contributed by atoms with Crippen molar-refractivity contribution >= 4 is 17.4 Å². The first kappa shape index (κ1) is 13.3. The summed E-state index contributed by atoms with van der Waals surface area (Å²) >= 11 is 5.83. The quantitative estimate of drug-likeness (QED) is 0.721. The average Bonchev–Trinajstić information content (AvgIpc) is 2.63. The van der Waals surface area contributed by atoms with Gasteiger partial charge in [0.05, 0.1) is 5.02 Å². The molecule has 102 valence electrons. The minimum Gasteiger partial charge on any atom is -0.294 e. The fourth-order valence-corrected chi connectivity index (χ4v) is 2.97. The Kier molecular flexibility index (Phi) is 2.94. The van der Waals surface area contributed by atoms with Crippen molar-refractivity contribution in [2.24, 2.45) is 0 Å². The van der Waals surface area contributed by atoms with E-state index in [2.05, 4.69) is 13.8 Å². The number of rotatable bonds is 1. The number of Topliss-reactive ketones (excluding diaryl/α,β-unsaturated/α-hetero) is 1. The summed E-state index contributed by atoms with van der Waals surface area (Å²) < 4.78 is 13.2. The van der Waals surface area contributed by atoms with Crippen molar-refractivity contribution in [2.45, 2.75) is 25.7 Å². The van der Waals surface area contributed by atoms with Crippen LogP contribution in [0.25, 0.3) is 11.1 Å². The number of fused-ring (bicyclic) bond motifs is 1. The molecule has 1 aliphatic rings. The fraction of sp³-hybridized carbons (Fsp3) is 0.235. The minimum absolute atomic E-state index is 0.110. The van der Waals surface area contributed by atoms with Crippen LogP contribution in [-0.2, 0) is 5.41 Å². The molecule has 1 aliphatic carbocycles. The van der Waals surface area contributed by atoms with Crippen LogP contribution in [0.2, 0.25) is 5.02 Å². The Bertz CT molecular complexity index is 719. The van der Waals surface area contributed by atoms with E-state index >= 15 is 0 Å². The van der Waals surface area contributed by atoms with Crippen molar-refractivity contribution in [3.63, 3.8) is 0 Å². The standard InChI is InChI=1S/C17H14ClFO/c1-17(2)9-16(20)12-5-3-10(7-13(12)17)11-4-6-15(19)14(18)8-11/h3-8H,9H2,1-2H3. The van der Waals surface area contributed by atoms with Crippen LogP contribution < -0.4 is 0 Å². The van der Waals surface area contributed by atoms with E-state index < -0.39 is 5.82 Å². The van der Waals surface area contributed by atoms with E-state index in [0.717, 1.165) is 22.3 Å². The number of ketones is 1. The lowest BCUT2D eigenvalue weighted by molar-refractivity contribution is 0.0979. The topological polar surface area (TPSA) is 17.1 Å². The summed E-state index contributed by atoms with van der Waals surface area (Å²) in [7, 11) is 0. The lowest BCUT2D eigenvalue weighted by atomic mass is 9.85. The molecule has 0 saturated carbocycles. The number of carbonyl (C=O) groups excluding carboxylic acids is 1. The third-order valence-electron chi connectivity index (χ3n) is 3.90. The van der Waals surface area contributed by atoms with E-state index in [4.69, 9.17) is 11.6 Å². The van der Waals surface area contributed by atoms with Crippen molar-refractivity contribution in [1.29, 1.82) is 0 Å². The van der Waals surface area contributed by atoms with Gasteiger partial charge in [-0.25, -0.2) is 4.39 Å². The Hall–Kier alpha value is -1.67. The molecule has 0 amide bonds. The molecule has 0 unspecified atom stereocenters. The Morgan fingerprint density at radius 3 is 2.45 bits per heavy atom. The molecule has 0 bridgehead atoms. The molecule has 0 radical (unpaired) electrons. The van der Waals surface area contributed by atoms with Gasteiger partial charge in [-0.3, -0.25) is 4.79 Å². The van der Waals surface area contributed by atoms with E-state index in [1.54, 1.807) is 12.1 Å². The predicted octanol–water partition coefficient (Wildman–Crippen LogP) is 5.01. The highest BCUT2D eigenvalue weighted by molar-refractivity contribution is 6.31. The van der Waals surface area contributed by atoms with Crippen LogP contribution in [0.15, 0.2) is 36.4 Å². The maximum absolute atomic E-state index is 13.2. The summed E-state index contributed by atoms with van der Waals surface area (Å²) in [5.74, 6) is -0.235. The van der Waals surface area contributed by atoms with Crippen LogP contribution in [0.5, 0.6) is 0 Å². The molecule has 1 nitrogen and oxygen atoms in total.